The first kappa shape index (κ1) is 14.3. The maximum atomic E-state index is 10.7. The summed E-state index contributed by atoms with van der Waals surface area (Å²) in [5, 5.41) is 0. The van der Waals surface area contributed by atoms with Gasteiger partial charge in [0.25, 0.3) is 0 Å². The van der Waals surface area contributed by atoms with E-state index in [1.807, 2.05) is 42.5 Å². The van der Waals surface area contributed by atoms with Gasteiger partial charge in [-0.05, 0) is 29.7 Å². The van der Waals surface area contributed by atoms with Crippen molar-refractivity contribution < 1.29 is 9.53 Å². The van der Waals surface area contributed by atoms with Gasteiger partial charge in [-0.25, -0.2) is 0 Å². The highest BCUT2D eigenvalue weighted by Gasteiger charge is 2.00. The van der Waals surface area contributed by atoms with E-state index < -0.39 is 0 Å². The molecule has 0 aromatic heterocycles. The quantitative estimate of drug-likeness (QED) is 0.535. The van der Waals surface area contributed by atoms with Crippen LogP contribution in [0, 0.1) is 0 Å². The maximum Gasteiger partial charge on any atom is 0.150 e. The van der Waals surface area contributed by atoms with Gasteiger partial charge in [-0.15, -0.1) is 0 Å². The van der Waals surface area contributed by atoms with E-state index in [2.05, 4.69) is 13.0 Å². The third kappa shape index (κ3) is 3.95. The number of carbonyl (C=O) groups excluding carboxylic acids is 1. The molecule has 2 aromatic carbocycles. The minimum Gasteiger partial charge on any atom is -0.494 e. The van der Waals surface area contributed by atoms with E-state index in [0.29, 0.717) is 5.56 Å². The Morgan fingerprint density at radius 3 is 2.50 bits per heavy atom. The van der Waals surface area contributed by atoms with Crippen LogP contribution in [-0.2, 0) is 0 Å². The van der Waals surface area contributed by atoms with Gasteiger partial charge in [-0.3, -0.25) is 4.79 Å². The lowest BCUT2D eigenvalue weighted by atomic mass is 10.0. The van der Waals surface area contributed by atoms with Crippen molar-refractivity contribution in [3.63, 3.8) is 0 Å². The van der Waals surface area contributed by atoms with Crippen molar-refractivity contribution in [2.24, 2.45) is 0 Å². The Kier molecular flexibility index (Phi) is 5.36. The summed E-state index contributed by atoms with van der Waals surface area (Å²) < 4.78 is 5.76. The van der Waals surface area contributed by atoms with Crippen LogP contribution in [-0.4, -0.2) is 12.9 Å². The Balaban J connectivity index is 2.06. The van der Waals surface area contributed by atoms with E-state index in [9.17, 15) is 4.79 Å². The first-order chi connectivity index (χ1) is 9.83. The summed E-state index contributed by atoms with van der Waals surface area (Å²) in [6.45, 7) is 2.95. The molecule has 20 heavy (non-hydrogen) atoms. The topological polar surface area (TPSA) is 26.3 Å². The molecule has 0 spiro atoms. The summed E-state index contributed by atoms with van der Waals surface area (Å²) in [5.74, 6) is 0.901. The number of carbonyl (C=O) groups is 1. The molecule has 0 amide bonds. The fraction of sp³-hybridized carbons (Fsp3) is 0.278. The Labute approximate surface area is 120 Å². The lowest BCUT2D eigenvalue weighted by Crippen LogP contribution is -1.96. The normalized spacial score (nSPS) is 10.2. The van der Waals surface area contributed by atoms with E-state index in [0.717, 1.165) is 36.2 Å². The minimum absolute atomic E-state index is 0.695. The van der Waals surface area contributed by atoms with Crippen LogP contribution in [0.4, 0.5) is 0 Å². The van der Waals surface area contributed by atoms with E-state index in [-0.39, 0.29) is 0 Å². The lowest BCUT2D eigenvalue weighted by Gasteiger charge is -2.08. The summed E-state index contributed by atoms with van der Waals surface area (Å²) >= 11 is 0. The summed E-state index contributed by atoms with van der Waals surface area (Å²) in [5.41, 5.74) is 2.89. The molecule has 0 heterocycles. The Hall–Kier alpha value is -2.09. The van der Waals surface area contributed by atoms with Crippen molar-refractivity contribution in [1.29, 1.82) is 0 Å². The molecule has 2 aromatic rings. The Morgan fingerprint density at radius 1 is 1.00 bits per heavy atom. The van der Waals surface area contributed by atoms with Gasteiger partial charge in [0.2, 0.25) is 0 Å². The van der Waals surface area contributed by atoms with Crippen molar-refractivity contribution in [3.05, 3.63) is 54.1 Å². The van der Waals surface area contributed by atoms with E-state index in [4.69, 9.17) is 4.74 Å². The number of aldehydes is 1. The molecular weight excluding hydrogens is 248 g/mol. The molecule has 0 N–H and O–H groups in total. The molecule has 2 nitrogen and oxygen atoms in total. The predicted octanol–water partition coefficient (Wildman–Crippen LogP) is 4.74. The molecule has 0 aliphatic heterocycles. The molecule has 0 saturated heterocycles. The summed E-state index contributed by atoms with van der Waals surface area (Å²) in [7, 11) is 0. The average Bonchev–Trinajstić information content (AvgIpc) is 2.52. The molecule has 0 aliphatic rings. The van der Waals surface area contributed by atoms with Crippen molar-refractivity contribution in [3.8, 4) is 16.9 Å². The molecule has 0 radical (unpaired) electrons. The summed E-state index contributed by atoms with van der Waals surface area (Å²) in [4.78, 5) is 10.7. The predicted molar refractivity (Wildman–Crippen MR) is 82.3 cm³/mol. The minimum atomic E-state index is 0.695. The first-order valence-corrected chi connectivity index (χ1v) is 7.12. The van der Waals surface area contributed by atoms with Gasteiger partial charge < -0.3 is 4.74 Å². The van der Waals surface area contributed by atoms with Crippen LogP contribution in [0.5, 0.6) is 5.75 Å². The zero-order valence-corrected chi connectivity index (χ0v) is 11.8. The highest BCUT2D eigenvalue weighted by Crippen LogP contribution is 2.24. The van der Waals surface area contributed by atoms with Crippen LogP contribution in [0.1, 0.15) is 36.5 Å². The second-order valence-electron chi connectivity index (χ2n) is 4.82. The second-order valence-corrected chi connectivity index (χ2v) is 4.82. The van der Waals surface area contributed by atoms with Gasteiger partial charge in [0.15, 0.2) is 0 Å². The Bertz CT molecular complexity index is 544. The van der Waals surface area contributed by atoms with Crippen molar-refractivity contribution in [1.82, 2.24) is 0 Å². The lowest BCUT2D eigenvalue weighted by molar-refractivity contribution is 0.112. The van der Waals surface area contributed by atoms with Gasteiger partial charge in [0.05, 0.1) is 6.61 Å². The summed E-state index contributed by atoms with van der Waals surface area (Å²) in [6, 6.07) is 15.7. The SMILES string of the molecule is CCCCCOc1cccc(-c2ccc(C=O)cc2)c1. The summed E-state index contributed by atoms with van der Waals surface area (Å²) in [6.07, 6.45) is 4.35. The highest BCUT2D eigenvalue weighted by molar-refractivity contribution is 5.77. The number of ether oxygens (including phenoxy) is 1. The van der Waals surface area contributed by atoms with E-state index in [1.165, 1.54) is 12.8 Å². The van der Waals surface area contributed by atoms with Crippen LogP contribution >= 0.6 is 0 Å². The molecule has 0 fully saturated rings. The maximum absolute atomic E-state index is 10.7. The third-order valence-electron chi connectivity index (χ3n) is 3.23. The number of rotatable bonds is 7. The van der Waals surface area contributed by atoms with Crippen LogP contribution in [0.3, 0.4) is 0 Å². The molecule has 0 saturated carbocycles. The van der Waals surface area contributed by atoms with Gasteiger partial charge in [-0.1, -0.05) is 56.2 Å². The molecule has 2 heteroatoms. The van der Waals surface area contributed by atoms with Crippen molar-refractivity contribution in [2.45, 2.75) is 26.2 Å². The Morgan fingerprint density at radius 2 is 1.80 bits per heavy atom. The number of unbranched alkanes of at least 4 members (excludes halogenated alkanes) is 2. The van der Waals surface area contributed by atoms with E-state index >= 15 is 0 Å². The van der Waals surface area contributed by atoms with Crippen molar-refractivity contribution >= 4 is 6.29 Å². The molecule has 0 aliphatic carbocycles. The van der Waals surface area contributed by atoms with Crippen LogP contribution in [0.2, 0.25) is 0 Å². The van der Waals surface area contributed by atoms with Gasteiger partial charge in [0.1, 0.15) is 12.0 Å². The smallest absolute Gasteiger partial charge is 0.150 e. The second kappa shape index (κ2) is 7.49. The number of hydrogen-bond donors (Lipinski definition) is 0. The van der Waals surface area contributed by atoms with Gasteiger partial charge in [0, 0.05) is 5.56 Å². The molecule has 0 bridgehead atoms. The zero-order chi connectivity index (χ0) is 14.2. The standard InChI is InChI=1S/C18H20O2/c1-2-3-4-12-20-18-7-5-6-17(13-18)16-10-8-15(14-19)9-11-16/h5-11,13-14H,2-4,12H2,1H3. The molecular formula is C18H20O2. The van der Waals surface area contributed by atoms with Gasteiger partial charge >= 0.3 is 0 Å². The molecule has 0 atom stereocenters. The fourth-order valence-corrected chi connectivity index (χ4v) is 2.06. The van der Waals surface area contributed by atoms with Gasteiger partial charge in [-0.2, -0.15) is 0 Å². The fourth-order valence-electron chi connectivity index (χ4n) is 2.06. The largest absolute Gasteiger partial charge is 0.494 e. The van der Waals surface area contributed by atoms with Crippen LogP contribution in [0.15, 0.2) is 48.5 Å². The molecule has 104 valence electrons. The molecule has 0 unspecified atom stereocenters. The van der Waals surface area contributed by atoms with E-state index in [1.54, 1.807) is 0 Å². The highest BCUT2D eigenvalue weighted by atomic mass is 16.5. The third-order valence-corrected chi connectivity index (χ3v) is 3.23. The first-order valence-electron chi connectivity index (χ1n) is 7.12. The molecule has 2 rings (SSSR count). The van der Waals surface area contributed by atoms with Crippen molar-refractivity contribution in [2.75, 3.05) is 6.61 Å². The average molecular weight is 268 g/mol. The number of benzene rings is 2. The zero-order valence-electron chi connectivity index (χ0n) is 11.8. The van der Waals surface area contributed by atoms with Crippen LogP contribution < -0.4 is 4.74 Å². The van der Waals surface area contributed by atoms with Crippen LogP contribution in [0.25, 0.3) is 11.1 Å². The number of hydrogen-bond acceptors (Lipinski definition) is 2. The monoisotopic (exact) mass is 268 g/mol.